The highest BCUT2D eigenvalue weighted by atomic mass is 19.1. The molecule has 0 unspecified atom stereocenters. The van der Waals surface area contributed by atoms with Crippen LogP contribution in [0.3, 0.4) is 0 Å². The number of aliphatic carboxylic acids is 1. The van der Waals surface area contributed by atoms with Crippen LogP contribution in [0.25, 0.3) is 6.08 Å². The number of carboxylic acids is 1. The number of carbonyl (C=O) groups is 2. The van der Waals surface area contributed by atoms with Crippen molar-refractivity contribution in [3.63, 3.8) is 0 Å². The Kier molecular flexibility index (Phi) is 7.45. The van der Waals surface area contributed by atoms with Crippen molar-refractivity contribution in [2.45, 2.75) is 51.0 Å². The van der Waals surface area contributed by atoms with Gasteiger partial charge in [-0.25, -0.2) is 8.78 Å². The molecule has 1 aromatic carbocycles. The standard InChI is InChI=1S/C20H24F2O4/c21-14-9-13(10-15(22)11-14)7-8-17-16(18(23)12-19(17)24)5-3-1-2-4-6-20(25)26/h7-11,16-17,19,24H,1-6,12H2,(H,25,26)/t16-,17-,19+/m0/s1. The summed E-state index contributed by atoms with van der Waals surface area (Å²) >= 11 is 0. The van der Waals surface area contributed by atoms with Crippen LogP contribution in [-0.4, -0.2) is 28.1 Å². The number of ketones is 1. The van der Waals surface area contributed by atoms with E-state index in [4.69, 9.17) is 5.11 Å². The Morgan fingerprint density at radius 1 is 1.12 bits per heavy atom. The van der Waals surface area contributed by atoms with Crippen LogP contribution >= 0.6 is 0 Å². The molecule has 0 saturated heterocycles. The SMILES string of the molecule is O=C(O)CCCCCC[C@@H]1C(=O)C[C@@H](O)[C@H]1C=Cc1cc(F)cc(F)c1. The molecule has 1 aliphatic rings. The van der Waals surface area contributed by atoms with E-state index in [0.29, 0.717) is 18.4 Å². The Balaban J connectivity index is 1.91. The van der Waals surface area contributed by atoms with Gasteiger partial charge in [-0.3, -0.25) is 9.59 Å². The lowest BCUT2D eigenvalue weighted by atomic mass is 9.88. The summed E-state index contributed by atoms with van der Waals surface area (Å²) in [4.78, 5) is 22.6. The number of aliphatic hydroxyl groups is 1. The predicted molar refractivity (Wildman–Crippen MR) is 93.3 cm³/mol. The largest absolute Gasteiger partial charge is 0.481 e. The first kappa shape index (κ1) is 20.2. The van der Waals surface area contributed by atoms with Crippen LogP contribution in [0.1, 0.15) is 50.5 Å². The van der Waals surface area contributed by atoms with Gasteiger partial charge in [-0.2, -0.15) is 0 Å². The number of halogens is 2. The number of carboxylic acid groups (broad SMARTS) is 1. The normalized spacial score (nSPS) is 23.0. The van der Waals surface area contributed by atoms with Crippen molar-refractivity contribution in [2.75, 3.05) is 0 Å². The van der Waals surface area contributed by atoms with Crippen LogP contribution < -0.4 is 0 Å². The molecule has 6 heteroatoms. The van der Waals surface area contributed by atoms with E-state index in [1.54, 1.807) is 12.2 Å². The van der Waals surface area contributed by atoms with E-state index in [2.05, 4.69) is 0 Å². The van der Waals surface area contributed by atoms with Crippen molar-refractivity contribution in [1.82, 2.24) is 0 Å². The van der Waals surface area contributed by atoms with Gasteiger partial charge in [-0.15, -0.1) is 0 Å². The number of hydrogen-bond acceptors (Lipinski definition) is 3. The molecule has 26 heavy (non-hydrogen) atoms. The second-order valence-electron chi connectivity index (χ2n) is 6.83. The number of Topliss-reactive ketones (excluding diaryl/α,β-unsaturated/α-hetero) is 1. The van der Waals surface area contributed by atoms with Crippen LogP contribution in [-0.2, 0) is 9.59 Å². The lowest BCUT2D eigenvalue weighted by molar-refractivity contribution is -0.137. The quantitative estimate of drug-likeness (QED) is 0.649. The first-order chi connectivity index (χ1) is 12.4. The molecule has 1 fully saturated rings. The first-order valence-electron chi connectivity index (χ1n) is 8.93. The maximum absolute atomic E-state index is 13.2. The molecule has 4 nitrogen and oxygen atoms in total. The Bertz CT molecular complexity index is 652. The fourth-order valence-electron chi connectivity index (χ4n) is 3.48. The van der Waals surface area contributed by atoms with Crippen LogP contribution in [0.4, 0.5) is 8.78 Å². The second kappa shape index (κ2) is 9.57. The summed E-state index contributed by atoms with van der Waals surface area (Å²) in [6.45, 7) is 0. The second-order valence-corrected chi connectivity index (χ2v) is 6.83. The summed E-state index contributed by atoms with van der Waals surface area (Å²) in [5, 5.41) is 18.7. The molecule has 0 aliphatic heterocycles. The lowest BCUT2D eigenvalue weighted by Crippen LogP contribution is -2.18. The summed E-state index contributed by atoms with van der Waals surface area (Å²) in [7, 11) is 0. The zero-order valence-corrected chi connectivity index (χ0v) is 14.5. The zero-order valence-electron chi connectivity index (χ0n) is 14.5. The molecule has 1 saturated carbocycles. The predicted octanol–water partition coefficient (Wildman–Crippen LogP) is 3.97. The van der Waals surface area contributed by atoms with Crippen molar-refractivity contribution in [3.8, 4) is 0 Å². The maximum Gasteiger partial charge on any atom is 0.303 e. The number of carbonyl (C=O) groups excluding carboxylic acids is 1. The van der Waals surface area contributed by atoms with E-state index in [1.807, 2.05) is 0 Å². The molecule has 0 bridgehead atoms. The van der Waals surface area contributed by atoms with E-state index in [1.165, 1.54) is 12.1 Å². The molecule has 0 radical (unpaired) electrons. The van der Waals surface area contributed by atoms with Gasteiger partial charge in [0.05, 0.1) is 6.10 Å². The van der Waals surface area contributed by atoms with Gasteiger partial charge in [0.2, 0.25) is 0 Å². The van der Waals surface area contributed by atoms with Crippen molar-refractivity contribution < 1.29 is 28.6 Å². The summed E-state index contributed by atoms with van der Waals surface area (Å²) in [6.07, 6.45) is 6.30. The van der Waals surface area contributed by atoms with E-state index >= 15 is 0 Å². The number of rotatable bonds is 9. The Morgan fingerprint density at radius 3 is 2.42 bits per heavy atom. The molecular weight excluding hydrogens is 342 g/mol. The maximum atomic E-state index is 13.2. The van der Waals surface area contributed by atoms with Crippen molar-refractivity contribution in [1.29, 1.82) is 0 Å². The highest BCUT2D eigenvalue weighted by molar-refractivity contribution is 5.84. The molecule has 142 valence electrons. The molecule has 0 amide bonds. The molecule has 0 aromatic heterocycles. The van der Waals surface area contributed by atoms with Crippen LogP contribution in [0.15, 0.2) is 24.3 Å². The number of unbranched alkanes of at least 4 members (excludes halogenated alkanes) is 3. The van der Waals surface area contributed by atoms with Crippen molar-refractivity contribution >= 4 is 17.8 Å². The molecule has 1 aliphatic carbocycles. The van der Waals surface area contributed by atoms with Gasteiger partial charge in [0, 0.05) is 30.7 Å². The summed E-state index contributed by atoms with van der Waals surface area (Å²) in [5.41, 5.74) is 0.349. The van der Waals surface area contributed by atoms with Crippen molar-refractivity contribution in [2.24, 2.45) is 11.8 Å². The van der Waals surface area contributed by atoms with Crippen LogP contribution in [0.2, 0.25) is 0 Å². The van der Waals surface area contributed by atoms with E-state index in [-0.39, 0.29) is 30.5 Å². The van der Waals surface area contributed by atoms with Gasteiger partial charge in [-0.05, 0) is 30.5 Å². The molecule has 0 spiro atoms. The lowest BCUT2D eigenvalue weighted by Gasteiger charge is -2.17. The Labute approximate surface area is 151 Å². The first-order valence-corrected chi connectivity index (χ1v) is 8.93. The third-order valence-electron chi connectivity index (χ3n) is 4.78. The third-order valence-corrected chi connectivity index (χ3v) is 4.78. The van der Waals surface area contributed by atoms with Gasteiger partial charge in [0.1, 0.15) is 17.4 Å². The highest BCUT2D eigenvalue weighted by Crippen LogP contribution is 2.34. The summed E-state index contributed by atoms with van der Waals surface area (Å²) in [6, 6.07) is 3.18. The molecule has 2 rings (SSSR count). The highest BCUT2D eigenvalue weighted by Gasteiger charge is 2.39. The minimum atomic E-state index is -0.807. The number of aliphatic hydroxyl groups excluding tert-OH is 1. The van der Waals surface area contributed by atoms with Crippen LogP contribution in [0.5, 0.6) is 0 Å². The molecule has 2 N–H and O–H groups in total. The van der Waals surface area contributed by atoms with Gasteiger partial charge < -0.3 is 10.2 Å². The van der Waals surface area contributed by atoms with Crippen molar-refractivity contribution in [3.05, 3.63) is 41.5 Å². The van der Waals surface area contributed by atoms with E-state index < -0.39 is 23.7 Å². The van der Waals surface area contributed by atoms with Gasteiger partial charge in [0.25, 0.3) is 0 Å². The molecular formula is C20H24F2O4. The smallest absolute Gasteiger partial charge is 0.303 e. The topological polar surface area (TPSA) is 74.6 Å². The summed E-state index contributed by atoms with van der Waals surface area (Å²) < 4.78 is 26.5. The zero-order chi connectivity index (χ0) is 19.1. The Hall–Kier alpha value is -2.08. The summed E-state index contributed by atoms with van der Waals surface area (Å²) in [5.74, 6) is -2.83. The minimum Gasteiger partial charge on any atom is -0.481 e. The van der Waals surface area contributed by atoms with E-state index in [0.717, 1.165) is 25.3 Å². The van der Waals surface area contributed by atoms with Gasteiger partial charge in [-0.1, -0.05) is 31.4 Å². The third kappa shape index (κ3) is 6.02. The monoisotopic (exact) mass is 366 g/mol. The molecule has 0 heterocycles. The van der Waals surface area contributed by atoms with Gasteiger partial charge >= 0.3 is 5.97 Å². The molecule has 1 aromatic rings. The average Bonchev–Trinajstić information content (AvgIpc) is 2.81. The Morgan fingerprint density at radius 2 is 1.77 bits per heavy atom. The van der Waals surface area contributed by atoms with Gasteiger partial charge in [0.15, 0.2) is 0 Å². The molecule has 3 atom stereocenters. The number of benzene rings is 1. The van der Waals surface area contributed by atoms with E-state index in [9.17, 15) is 23.5 Å². The van der Waals surface area contributed by atoms with Crippen LogP contribution in [0, 0.1) is 23.5 Å². The minimum absolute atomic E-state index is 0.00288. The fraction of sp³-hybridized carbons (Fsp3) is 0.500. The number of hydrogen-bond donors (Lipinski definition) is 2. The fourth-order valence-corrected chi connectivity index (χ4v) is 3.48. The average molecular weight is 366 g/mol.